The molecule has 29 heavy (non-hydrogen) atoms. The predicted octanol–water partition coefficient (Wildman–Crippen LogP) is 3.56. The van der Waals surface area contributed by atoms with E-state index >= 15 is 0 Å². The molecule has 0 unspecified atom stereocenters. The van der Waals surface area contributed by atoms with Gasteiger partial charge in [-0.25, -0.2) is 9.78 Å². The van der Waals surface area contributed by atoms with Gasteiger partial charge in [0.15, 0.2) is 23.3 Å². The fourth-order valence-corrected chi connectivity index (χ4v) is 2.78. The summed E-state index contributed by atoms with van der Waals surface area (Å²) in [6.07, 6.45) is -1.04. The number of ether oxygens (including phenoxy) is 3. The smallest absolute Gasteiger partial charge is 0.361 e. The minimum atomic E-state index is -1.04. The Bertz CT molecular complexity index is 1060. The average molecular weight is 394 g/mol. The van der Waals surface area contributed by atoms with E-state index < -0.39 is 18.0 Å². The van der Waals surface area contributed by atoms with E-state index in [-0.39, 0.29) is 12.5 Å². The number of carbonyl (C=O) groups is 2. The summed E-state index contributed by atoms with van der Waals surface area (Å²) in [7, 11) is 0. The molecule has 8 nitrogen and oxygen atoms in total. The first kappa shape index (κ1) is 18.5. The maximum Gasteiger partial charge on any atom is 0.361 e. The third kappa shape index (κ3) is 3.91. The molecule has 0 bridgehead atoms. The van der Waals surface area contributed by atoms with Crippen LogP contribution in [0.4, 0.5) is 5.69 Å². The molecule has 0 saturated heterocycles. The molecule has 1 amide bonds. The quantitative estimate of drug-likeness (QED) is 0.661. The molecular formula is C21H18N2O6. The fourth-order valence-electron chi connectivity index (χ4n) is 2.78. The number of amides is 1. The van der Waals surface area contributed by atoms with E-state index in [9.17, 15) is 9.59 Å². The number of hydrogen-bond donors (Lipinski definition) is 1. The Labute approximate surface area is 166 Å². The lowest BCUT2D eigenvalue weighted by atomic mass is 10.2. The second kappa shape index (κ2) is 7.67. The molecule has 0 fully saturated rings. The van der Waals surface area contributed by atoms with Gasteiger partial charge in [-0.3, -0.25) is 4.79 Å². The Kier molecular flexibility index (Phi) is 4.90. The highest BCUT2D eigenvalue weighted by Crippen LogP contribution is 2.34. The van der Waals surface area contributed by atoms with Crippen LogP contribution in [0.2, 0.25) is 0 Å². The van der Waals surface area contributed by atoms with Gasteiger partial charge in [-0.05, 0) is 38.1 Å². The number of nitrogens with zero attached hydrogens (tertiary/aromatic N) is 1. The number of aryl methyl sites for hydroxylation is 1. The molecule has 0 radical (unpaired) electrons. The lowest BCUT2D eigenvalue weighted by molar-refractivity contribution is -0.123. The number of rotatable bonds is 5. The molecule has 8 heteroatoms. The predicted molar refractivity (Wildman–Crippen MR) is 103 cm³/mol. The summed E-state index contributed by atoms with van der Waals surface area (Å²) >= 11 is 0. The molecular weight excluding hydrogens is 376 g/mol. The summed E-state index contributed by atoms with van der Waals surface area (Å²) < 4.78 is 21.3. The number of hydrogen-bond acceptors (Lipinski definition) is 7. The molecule has 2 heterocycles. The highest BCUT2D eigenvalue weighted by atomic mass is 16.7. The van der Waals surface area contributed by atoms with E-state index in [1.54, 1.807) is 25.1 Å². The zero-order valence-electron chi connectivity index (χ0n) is 15.8. The topological polar surface area (TPSA) is 99.9 Å². The van der Waals surface area contributed by atoms with E-state index in [2.05, 4.69) is 10.3 Å². The minimum absolute atomic E-state index is 0.0339. The van der Waals surface area contributed by atoms with Gasteiger partial charge in [0.1, 0.15) is 5.76 Å². The van der Waals surface area contributed by atoms with Crippen LogP contribution in [-0.2, 0) is 9.53 Å². The first-order valence-corrected chi connectivity index (χ1v) is 8.95. The molecule has 0 saturated carbocycles. The van der Waals surface area contributed by atoms with Crippen LogP contribution in [0, 0.1) is 6.92 Å². The van der Waals surface area contributed by atoms with Crippen LogP contribution in [0.25, 0.3) is 11.5 Å². The highest BCUT2D eigenvalue weighted by Gasteiger charge is 2.25. The van der Waals surface area contributed by atoms with Gasteiger partial charge in [0.2, 0.25) is 12.7 Å². The van der Waals surface area contributed by atoms with Gasteiger partial charge in [0.05, 0.1) is 0 Å². The van der Waals surface area contributed by atoms with Crippen molar-refractivity contribution in [3.8, 4) is 23.0 Å². The van der Waals surface area contributed by atoms with Gasteiger partial charge >= 0.3 is 5.97 Å². The van der Waals surface area contributed by atoms with Crippen molar-refractivity contribution in [2.24, 2.45) is 0 Å². The molecule has 2 aromatic carbocycles. The minimum Gasteiger partial charge on any atom is -0.454 e. The van der Waals surface area contributed by atoms with Crippen molar-refractivity contribution in [2.75, 3.05) is 12.1 Å². The fraction of sp³-hybridized carbons (Fsp3) is 0.190. The van der Waals surface area contributed by atoms with Crippen LogP contribution in [-0.4, -0.2) is 29.8 Å². The molecule has 0 spiro atoms. The van der Waals surface area contributed by atoms with Gasteiger partial charge in [-0.2, -0.15) is 0 Å². The highest BCUT2D eigenvalue weighted by molar-refractivity contribution is 5.97. The van der Waals surface area contributed by atoms with E-state index in [0.29, 0.717) is 28.8 Å². The third-order valence-corrected chi connectivity index (χ3v) is 4.30. The molecule has 4 rings (SSSR count). The van der Waals surface area contributed by atoms with Gasteiger partial charge < -0.3 is 23.9 Å². The van der Waals surface area contributed by atoms with Crippen LogP contribution in [0.3, 0.4) is 0 Å². The number of esters is 1. The van der Waals surface area contributed by atoms with Crippen LogP contribution >= 0.6 is 0 Å². The number of benzene rings is 2. The summed E-state index contributed by atoms with van der Waals surface area (Å²) in [6.45, 7) is 3.24. The molecule has 1 aliphatic heterocycles. The zero-order valence-corrected chi connectivity index (χ0v) is 15.8. The number of nitrogens with one attached hydrogen (secondary N) is 1. The Morgan fingerprint density at radius 1 is 1.10 bits per heavy atom. The first-order chi connectivity index (χ1) is 14.0. The molecule has 1 N–H and O–H groups in total. The normalized spacial score (nSPS) is 13.0. The first-order valence-electron chi connectivity index (χ1n) is 8.95. The second-order valence-corrected chi connectivity index (χ2v) is 6.39. The van der Waals surface area contributed by atoms with Crippen molar-refractivity contribution < 1.29 is 28.2 Å². The summed E-state index contributed by atoms with van der Waals surface area (Å²) in [6, 6.07) is 14.2. The lowest BCUT2D eigenvalue weighted by Gasteiger charge is -2.13. The number of aromatic nitrogens is 1. The standard InChI is InChI=1S/C21H18N2O6/c1-12-18(23-20(28-12)14-6-4-3-5-7-14)21(25)29-13(2)19(24)22-15-8-9-16-17(10-15)27-11-26-16/h3-10,13H,11H2,1-2H3,(H,22,24)/t13-/m0/s1. The summed E-state index contributed by atoms with van der Waals surface area (Å²) in [4.78, 5) is 29.1. The largest absolute Gasteiger partial charge is 0.454 e. The SMILES string of the molecule is Cc1oc(-c2ccccc2)nc1C(=O)O[C@@H](C)C(=O)Nc1ccc2c(c1)OCO2. The van der Waals surface area contributed by atoms with Crippen LogP contribution < -0.4 is 14.8 Å². The van der Waals surface area contributed by atoms with Crippen LogP contribution in [0.1, 0.15) is 23.2 Å². The molecule has 3 aromatic rings. The Morgan fingerprint density at radius 2 is 1.86 bits per heavy atom. The molecule has 1 aliphatic rings. The zero-order chi connectivity index (χ0) is 20.4. The molecule has 148 valence electrons. The van der Waals surface area contributed by atoms with Crippen LogP contribution in [0.15, 0.2) is 52.9 Å². The monoisotopic (exact) mass is 394 g/mol. The van der Waals surface area contributed by atoms with E-state index in [1.165, 1.54) is 6.92 Å². The van der Waals surface area contributed by atoms with Crippen molar-refractivity contribution >= 4 is 17.6 Å². The van der Waals surface area contributed by atoms with Crippen molar-refractivity contribution in [1.29, 1.82) is 0 Å². The van der Waals surface area contributed by atoms with E-state index in [1.807, 2.05) is 30.3 Å². The Hall–Kier alpha value is -3.81. The Balaban J connectivity index is 1.41. The van der Waals surface area contributed by atoms with Gasteiger partial charge in [-0.15, -0.1) is 0 Å². The maximum absolute atomic E-state index is 12.5. The Morgan fingerprint density at radius 3 is 2.66 bits per heavy atom. The number of anilines is 1. The molecule has 1 aromatic heterocycles. The maximum atomic E-state index is 12.5. The van der Waals surface area contributed by atoms with Crippen LogP contribution in [0.5, 0.6) is 11.5 Å². The van der Waals surface area contributed by atoms with Crippen molar-refractivity contribution in [2.45, 2.75) is 20.0 Å². The number of fused-ring (bicyclic) bond motifs is 1. The van der Waals surface area contributed by atoms with Gasteiger partial charge in [0.25, 0.3) is 5.91 Å². The van der Waals surface area contributed by atoms with E-state index in [0.717, 1.165) is 5.56 Å². The summed E-state index contributed by atoms with van der Waals surface area (Å²) in [5, 5.41) is 2.68. The molecule has 0 aliphatic carbocycles. The average Bonchev–Trinajstić information content (AvgIpc) is 3.34. The van der Waals surface area contributed by atoms with Crippen molar-refractivity contribution in [1.82, 2.24) is 4.98 Å². The molecule has 1 atom stereocenters. The van der Waals surface area contributed by atoms with Gasteiger partial charge in [-0.1, -0.05) is 18.2 Å². The summed E-state index contributed by atoms with van der Waals surface area (Å²) in [5.74, 6) is 0.561. The third-order valence-electron chi connectivity index (χ3n) is 4.30. The lowest BCUT2D eigenvalue weighted by Crippen LogP contribution is -2.30. The van der Waals surface area contributed by atoms with Crippen molar-refractivity contribution in [3.05, 3.63) is 60.0 Å². The van der Waals surface area contributed by atoms with E-state index in [4.69, 9.17) is 18.6 Å². The second-order valence-electron chi connectivity index (χ2n) is 6.39. The summed E-state index contributed by atoms with van der Waals surface area (Å²) in [5.41, 5.74) is 1.28. The number of carbonyl (C=O) groups excluding carboxylic acids is 2. The van der Waals surface area contributed by atoms with Gasteiger partial charge in [0, 0.05) is 17.3 Å². The number of oxazole rings is 1. The van der Waals surface area contributed by atoms with Crippen molar-refractivity contribution in [3.63, 3.8) is 0 Å².